The summed E-state index contributed by atoms with van der Waals surface area (Å²) in [6.07, 6.45) is 0.722. The van der Waals surface area contributed by atoms with E-state index in [-0.39, 0.29) is 11.6 Å². The summed E-state index contributed by atoms with van der Waals surface area (Å²) in [6.45, 7) is 7.74. The van der Waals surface area contributed by atoms with Crippen molar-refractivity contribution in [1.82, 2.24) is 10.3 Å². The number of hydrogen-bond donors (Lipinski definition) is 2. The molecule has 0 bridgehead atoms. The second-order valence-corrected chi connectivity index (χ2v) is 6.67. The van der Waals surface area contributed by atoms with Crippen molar-refractivity contribution < 1.29 is 4.74 Å². The van der Waals surface area contributed by atoms with Gasteiger partial charge in [-0.05, 0) is 31.9 Å². The molecule has 6 heteroatoms. The molecule has 1 fully saturated rings. The van der Waals surface area contributed by atoms with Gasteiger partial charge in [-0.15, -0.1) is 0 Å². The van der Waals surface area contributed by atoms with Crippen molar-refractivity contribution in [3.05, 3.63) is 33.8 Å². The lowest BCUT2D eigenvalue weighted by Gasteiger charge is -2.45. The molecule has 1 unspecified atom stereocenters. The van der Waals surface area contributed by atoms with Gasteiger partial charge in [0.1, 0.15) is 0 Å². The van der Waals surface area contributed by atoms with E-state index < -0.39 is 0 Å². The number of benzene rings is 1. The van der Waals surface area contributed by atoms with E-state index in [1.807, 2.05) is 12.1 Å². The maximum Gasteiger partial charge on any atom is 0.0624 e. The van der Waals surface area contributed by atoms with Gasteiger partial charge < -0.3 is 4.74 Å². The molecule has 1 heterocycles. The number of hydrogen-bond acceptors (Lipinski definition) is 4. The summed E-state index contributed by atoms with van der Waals surface area (Å²) < 4.78 is 5.43. The van der Waals surface area contributed by atoms with Crippen LogP contribution in [0.5, 0.6) is 0 Å². The van der Waals surface area contributed by atoms with Crippen LogP contribution in [-0.2, 0) is 11.2 Å². The second-order valence-electron chi connectivity index (χ2n) is 5.89. The fourth-order valence-electron chi connectivity index (χ4n) is 2.80. The predicted octanol–water partition coefficient (Wildman–Crippen LogP) is 2.48. The van der Waals surface area contributed by atoms with Crippen molar-refractivity contribution in [3.63, 3.8) is 0 Å². The number of halogens is 2. The molecular weight excluding hydrogens is 309 g/mol. The van der Waals surface area contributed by atoms with Crippen LogP contribution in [0.4, 0.5) is 0 Å². The quantitative estimate of drug-likeness (QED) is 0.642. The minimum absolute atomic E-state index is 0.0616. The zero-order valence-corrected chi connectivity index (χ0v) is 14.0. The highest BCUT2D eigenvalue weighted by atomic mass is 35.5. The molecule has 118 valence electrons. The maximum absolute atomic E-state index is 6.30. The van der Waals surface area contributed by atoms with Gasteiger partial charge in [0.2, 0.25) is 0 Å². The van der Waals surface area contributed by atoms with Crippen LogP contribution in [-0.4, -0.2) is 42.8 Å². The van der Waals surface area contributed by atoms with Crippen molar-refractivity contribution in [2.24, 2.45) is 5.84 Å². The Labute approximate surface area is 136 Å². The third-order valence-electron chi connectivity index (χ3n) is 4.34. The van der Waals surface area contributed by atoms with Crippen LogP contribution in [0.15, 0.2) is 18.2 Å². The zero-order valence-electron chi connectivity index (χ0n) is 12.5. The summed E-state index contributed by atoms with van der Waals surface area (Å²) in [5.74, 6) is 5.82. The minimum atomic E-state index is -0.107. The summed E-state index contributed by atoms with van der Waals surface area (Å²) in [7, 11) is 0. The van der Waals surface area contributed by atoms with E-state index in [9.17, 15) is 0 Å². The van der Waals surface area contributed by atoms with E-state index in [0.29, 0.717) is 10.0 Å². The summed E-state index contributed by atoms with van der Waals surface area (Å²) in [5, 5.41) is 1.19. The summed E-state index contributed by atoms with van der Waals surface area (Å²) >= 11 is 12.4. The lowest BCUT2D eigenvalue weighted by molar-refractivity contribution is -0.0233. The van der Waals surface area contributed by atoms with Crippen molar-refractivity contribution in [2.75, 3.05) is 26.3 Å². The van der Waals surface area contributed by atoms with E-state index in [1.54, 1.807) is 6.07 Å². The Morgan fingerprint density at radius 2 is 2.00 bits per heavy atom. The molecule has 0 saturated carbocycles. The summed E-state index contributed by atoms with van der Waals surface area (Å²) in [4.78, 5) is 2.40. The Hall–Kier alpha value is -0.360. The number of morpholine rings is 1. The third kappa shape index (κ3) is 3.89. The topological polar surface area (TPSA) is 50.5 Å². The Bertz CT molecular complexity index is 476. The first-order chi connectivity index (χ1) is 9.96. The van der Waals surface area contributed by atoms with Crippen LogP contribution in [0.2, 0.25) is 10.0 Å². The number of nitrogens with two attached hydrogens (primary N) is 1. The first-order valence-electron chi connectivity index (χ1n) is 7.18. The molecule has 1 atom stereocenters. The lowest BCUT2D eigenvalue weighted by atomic mass is 9.87. The molecule has 1 aliphatic heterocycles. The average Bonchev–Trinajstić information content (AvgIpc) is 2.49. The summed E-state index contributed by atoms with van der Waals surface area (Å²) in [5.41, 5.74) is 3.85. The highest BCUT2D eigenvalue weighted by Gasteiger charge is 2.36. The van der Waals surface area contributed by atoms with E-state index in [1.165, 1.54) is 0 Å². The largest absolute Gasteiger partial charge is 0.379 e. The van der Waals surface area contributed by atoms with Crippen LogP contribution in [0.1, 0.15) is 19.4 Å². The molecule has 3 N–H and O–H groups in total. The maximum atomic E-state index is 6.30. The van der Waals surface area contributed by atoms with Gasteiger partial charge in [-0.3, -0.25) is 16.2 Å². The second kappa shape index (κ2) is 7.27. The molecule has 0 amide bonds. The van der Waals surface area contributed by atoms with E-state index in [4.69, 9.17) is 33.8 Å². The van der Waals surface area contributed by atoms with Gasteiger partial charge in [-0.1, -0.05) is 35.3 Å². The number of nitrogens with zero attached hydrogens (tertiary/aromatic N) is 1. The van der Waals surface area contributed by atoms with E-state index in [2.05, 4.69) is 24.2 Å². The molecule has 21 heavy (non-hydrogen) atoms. The molecule has 2 rings (SSSR count). The van der Waals surface area contributed by atoms with Gasteiger partial charge in [-0.25, -0.2) is 0 Å². The number of nitrogens with one attached hydrogen (secondary N) is 1. The fraction of sp³-hybridized carbons (Fsp3) is 0.600. The Morgan fingerprint density at radius 3 is 2.62 bits per heavy atom. The predicted molar refractivity (Wildman–Crippen MR) is 87.7 cm³/mol. The molecule has 1 saturated heterocycles. The first-order valence-corrected chi connectivity index (χ1v) is 7.94. The van der Waals surface area contributed by atoms with E-state index >= 15 is 0 Å². The van der Waals surface area contributed by atoms with Crippen molar-refractivity contribution >= 4 is 23.2 Å². The Balaban J connectivity index is 2.16. The van der Waals surface area contributed by atoms with Crippen LogP contribution in [0, 0.1) is 0 Å². The average molecular weight is 332 g/mol. The van der Waals surface area contributed by atoms with Gasteiger partial charge >= 0.3 is 0 Å². The van der Waals surface area contributed by atoms with Gasteiger partial charge in [-0.2, -0.15) is 0 Å². The van der Waals surface area contributed by atoms with Crippen LogP contribution in [0.25, 0.3) is 0 Å². The van der Waals surface area contributed by atoms with Gasteiger partial charge in [0.25, 0.3) is 0 Å². The van der Waals surface area contributed by atoms with Crippen molar-refractivity contribution in [2.45, 2.75) is 31.8 Å². The van der Waals surface area contributed by atoms with Crippen LogP contribution < -0.4 is 11.3 Å². The minimum Gasteiger partial charge on any atom is -0.379 e. The monoisotopic (exact) mass is 331 g/mol. The van der Waals surface area contributed by atoms with E-state index in [0.717, 1.165) is 38.3 Å². The van der Waals surface area contributed by atoms with Crippen LogP contribution in [0.3, 0.4) is 0 Å². The first kappa shape index (κ1) is 17.0. The normalized spacial score (nSPS) is 18.7. The van der Waals surface area contributed by atoms with Crippen LogP contribution >= 0.6 is 23.2 Å². The molecule has 0 aliphatic carbocycles. The SMILES string of the molecule is CC(C)(C(Cc1cccc(Cl)c1Cl)NN)N1CCOCC1. The molecule has 1 aliphatic rings. The summed E-state index contributed by atoms with van der Waals surface area (Å²) in [6, 6.07) is 5.77. The van der Waals surface area contributed by atoms with Gasteiger partial charge in [0.15, 0.2) is 0 Å². The highest BCUT2D eigenvalue weighted by molar-refractivity contribution is 6.42. The molecule has 0 spiro atoms. The number of hydrazine groups is 1. The highest BCUT2D eigenvalue weighted by Crippen LogP contribution is 2.29. The fourth-order valence-corrected chi connectivity index (χ4v) is 3.20. The molecule has 1 aromatic rings. The zero-order chi connectivity index (χ0) is 15.5. The smallest absolute Gasteiger partial charge is 0.0624 e. The number of ether oxygens (including phenoxy) is 1. The van der Waals surface area contributed by atoms with Gasteiger partial charge in [0.05, 0.1) is 23.3 Å². The Kier molecular flexibility index (Phi) is 5.88. The van der Waals surface area contributed by atoms with Gasteiger partial charge in [0, 0.05) is 24.7 Å². The van der Waals surface area contributed by atoms with Crippen molar-refractivity contribution in [1.29, 1.82) is 0 Å². The molecule has 4 nitrogen and oxygen atoms in total. The third-order valence-corrected chi connectivity index (χ3v) is 5.19. The number of rotatable bonds is 5. The Morgan fingerprint density at radius 1 is 1.33 bits per heavy atom. The molecule has 0 radical (unpaired) electrons. The molecular formula is C15H23Cl2N3O. The lowest BCUT2D eigenvalue weighted by Crippen LogP contribution is -2.62. The standard InChI is InChI=1S/C15H23Cl2N3O/c1-15(2,20-6-8-21-9-7-20)13(19-18)10-11-4-3-5-12(16)14(11)17/h3-5,13,19H,6-10,18H2,1-2H3. The molecule has 0 aromatic heterocycles. The van der Waals surface area contributed by atoms with Crippen molar-refractivity contribution in [3.8, 4) is 0 Å². The molecule has 1 aromatic carbocycles.